The Hall–Kier alpha value is -2.56. The zero-order chi connectivity index (χ0) is 18.0. The fourth-order valence-electron chi connectivity index (χ4n) is 3.68. The minimum Gasteiger partial charge on any atom is -0.496 e. The molecule has 132 valence electrons. The van der Waals surface area contributed by atoms with Crippen LogP contribution in [0.2, 0.25) is 0 Å². The van der Waals surface area contributed by atoms with Crippen molar-refractivity contribution in [3.8, 4) is 5.75 Å². The van der Waals surface area contributed by atoms with Crippen LogP contribution in [0.25, 0.3) is 0 Å². The Bertz CT molecular complexity index is 776. The van der Waals surface area contributed by atoms with Gasteiger partial charge in [-0.25, -0.2) is 4.79 Å². The number of benzene rings is 1. The van der Waals surface area contributed by atoms with Crippen molar-refractivity contribution in [1.82, 2.24) is 5.32 Å². The van der Waals surface area contributed by atoms with E-state index in [1.807, 2.05) is 31.2 Å². The van der Waals surface area contributed by atoms with Gasteiger partial charge in [-0.2, -0.15) is 0 Å². The molecule has 0 fully saturated rings. The van der Waals surface area contributed by atoms with Gasteiger partial charge in [0.15, 0.2) is 5.78 Å². The van der Waals surface area contributed by atoms with Gasteiger partial charge in [0.05, 0.1) is 25.2 Å². The zero-order valence-corrected chi connectivity index (χ0v) is 14.8. The molecule has 1 aliphatic heterocycles. The van der Waals surface area contributed by atoms with Crippen LogP contribution in [0, 0.1) is 0 Å². The summed E-state index contributed by atoms with van der Waals surface area (Å²) in [6.07, 6.45) is 2.13. The van der Waals surface area contributed by atoms with Crippen molar-refractivity contribution in [2.45, 2.75) is 39.0 Å². The van der Waals surface area contributed by atoms with E-state index in [-0.39, 0.29) is 12.4 Å². The highest BCUT2D eigenvalue weighted by molar-refractivity contribution is 6.04. The molecule has 5 heteroatoms. The van der Waals surface area contributed by atoms with Crippen molar-refractivity contribution < 1.29 is 19.1 Å². The predicted molar refractivity (Wildman–Crippen MR) is 94.1 cm³/mol. The standard InChI is InChI=1S/C20H23NO4/c1-4-25-20(23)17-12(2)21-14-9-7-10-15(22)19(14)18(17)13-8-5-6-11-16(13)24-3/h5-6,8,11,18,21H,4,7,9-10H2,1-3H3/t18-/m0/s1. The number of ketones is 1. The molecule has 1 N–H and O–H groups in total. The van der Waals surface area contributed by atoms with Gasteiger partial charge in [0.1, 0.15) is 5.75 Å². The van der Waals surface area contributed by atoms with Crippen molar-refractivity contribution in [2.75, 3.05) is 13.7 Å². The van der Waals surface area contributed by atoms with Crippen LogP contribution >= 0.6 is 0 Å². The fraction of sp³-hybridized carbons (Fsp3) is 0.400. The third-order valence-corrected chi connectivity index (χ3v) is 4.72. The van der Waals surface area contributed by atoms with E-state index in [1.165, 1.54) is 0 Å². The van der Waals surface area contributed by atoms with Gasteiger partial charge < -0.3 is 14.8 Å². The lowest BCUT2D eigenvalue weighted by atomic mass is 9.75. The first kappa shape index (κ1) is 17.3. The van der Waals surface area contributed by atoms with Gasteiger partial charge in [0, 0.05) is 29.0 Å². The number of allylic oxidation sites excluding steroid dienone is 3. The highest BCUT2D eigenvalue weighted by Gasteiger charge is 2.40. The van der Waals surface area contributed by atoms with Gasteiger partial charge >= 0.3 is 5.97 Å². The maximum Gasteiger partial charge on any atom is 0.336 e. The molecule has 1 aromatic carbocycles. The molecule has 0 radical (unpaired) electrons. The van der Waals surface area contributed by atoms with Gasteiger partial charge in [-0.1, -0.05) is 18.2 Å². The van der Waals surface area contributed by atoms with E-state index in [2.05, 4.69) is 5.32 Å². The molecule has 0 spiro atoms. The molecule has 2 aliphatic rings. The van der Waals surface area contributed by atoms with E-state index in [0.29, 0.717) is 23.3 Å². The highest BCUT2D eigenvalue weighted by atomic mass is 16.5. The summed E-state index contributed by atoms with van der Waals surface area (Å²) in [7, 11) is 1.60. The van der Waals surface area contributed by atoms with E-state index < -0.39 is 11.9 Å². The predicted octanol–water partition coefficient (Wildman–Crippen LogP) is 3.23. The molecular weight excluding hydrogens is 318 g/mol. The van der Waals surface area contributed by atoms with E-state index in [0.717, 1.165) is 29.8 Å². The molecule has 0 bridgehead atoms. The van der Waals surface area contributed by atoms with Gasteiger partial charge in [-0.05, 0) is 32.8 Å². The second kappa shape index (κ2) is 7.13. The topological polar surface area (TPSA) is 64.6 Å². The molecule has 1 aromatic rings. The maximum absolute atomic E-state index is 12.7. The SMILES string of the molecule is CCOC(=O)C1=C(C)NC2=C(C(=O)CCC2)[C@H]1c1ccccc1OC. The molecule has 1 aliphatic carbocycles. The van der Waals surface area contributed by atoms with Gasteiger partial charge in [-0.15, -0.1) is 0 Å². The Morgan fingerprint density at radius 2 is 2.04 bits per heavy atom. The number of carbonyl (C=O) groups is 2. The first-order valence-corrected chi connectivity index (χ1v) is 8.62. The molecule has 3 rings (SSSR count). The van der Waals surface area contributed by atoms with Crippen molar-refractivity contribution in [3.63, 3.8) is 0 Å². The average Bonchev–Trinajstić information content (AvgIpc) is 2.60. The largest absolute Gasteiger partial charge is 0.496 e. The van der Waals surface area contributed by atoms with Crippen LogP contribution in [0.1, 0.15) is 44.6 Å². The van der Waals surface area contributed by atoms with Gasteiger partial charge in [0.25, 0.3) is 0 Å². The quantitative estimate of drug-likeness (QED) is 0.852. The monoisotopic (exact) mass is 341 g/mol. The number of rotatable bonds is 4. The van der Waals surface area contributed by atoms with Crippen LogP contribution in [0.3, 0.4) is 0 Å². The molecule has 5 nitrogen and oxygen atoms in total. The van der Waals surface area contributed by atoms with E-state index >= 15 is 0 Å². The second-order valence-corrected chi connectivity index (χ2v) is 6.23. The number of Topliss-reactive ketones (excluding diaryl/α,β-unsaturated/α-hetero) is 1. The number of esters is 1. The van der Waals surface area contributed by atoms with Crippen LogP contribution in [0.5, 0.6) is 5.75 Å². The van der Waals surface area contributed by atoms with Crippen molar-refractivity contribution in [1.29, 1.82) is 0 Å². The van der Waals surface area contributed by atoms with Crippen LogP contribution in [-0.2, 0) is 14.3 Å². The lowest BCUT2D eigenvalue weighted by Gasteiger charge is -2.34. The van der Waals surface area contributed by atoms with Crippen LogP contribution in [0.4, 0.5) is 0 Å². The molecule has 25 heavy (non-hydrogen) atoms. The molecular formula is C20H23NO4. The number of hydrogen-bond donors (Lipinski definition) is 1. The smallest absolute Gasteiger partial charge is 0.336 e. The summed E-state index contributed by atoms with van der Waals surface area (Å²) in [6, 6.07) is 7.53. The number of nitrogens with one attached hydrogen (secondary N) is 1. The summed E-state index contributed by atoms with van der Waals surface area (Å²) in [6.45, 7) is 3.92. The molecule has 0 amide bonds. The molecule has 1 atom stereocenters. The Morgan fingerprint density at radius 1 is 1.28 bits per heavy atom. The fourth-order valence-corrected chi connectivity index (χ4v) is 3.68. The van der Waals surface area contributed by atoms with Crippen molar-refractivity contribution >= 4 is 11.8 Å². The summed E-state index contributed by atoms with van der Waals surface area (Å²) in [5, 5.41) is 3.27. The summed E-state index contributed by atoms with van der Waals surface area (Å²) < 4.78 is 10.8. The van der Waals surface area contributed by atoms with Crippen LogP contribution < -0.4 is 10.1 Å². The minimum atomic E-state index is -0.459. The third kappa shape index (κ3) is 3.06. The maximum atomic E-state index is 12.7. The molecule has 1 heterocycles. The van der Waals surface area contributed by atoms with Gasteiger partial charge in [0.2, 0.25) is 0 Å². The number of para-hydroxylation sites is 1. The van der Waals surface area contributed by atoms with Crippen LogP contribution in [-0.4, -0.2) is 25.5 Å². The number of dihydropyridines is 1. The Balaban J connectivity index is 2.21. The number of ether oxygens (including phenoxy) is 2. The summed E-state index contributed by atoms with van der Waals surface area (Å²) in [4.78, 5) is 25.4. The molecule has 0 saturated carbocycles. The van der Waals surface area contributed by atoms with E-state index in [9.17, 15) is 9.59 Å². The third-order valence-electron chi connectivity index (χ3n) is 4.72. The van der Waals surface area contributed by atoms with E-state index in [1.54, 1.807) is 14.0 Å². The molecule has 0 aromatic heterocycles. The molecule has 0 saturated heterocycles. The number of methoxy groups -OCH3 is 1. The Labute approximate surface area is 147 Å². The average molecular weight is 341 g/mol. The van der Waals surface area contributed by atoms with Crippen LogP contribution in [0.15, 0.2) is 46.8 Å². The summed E-state index contributed by atoms with van der Waals surface area (Å²) >= 11 is 0. The summed E-state index contributed by atoms with van der Waals surface area (Å²) in [5.41, 5.74) is 3.63. The zero-order valence-electron chi connectivity index (χ0n) is 14.8. The number of hydrogen-bond acceptors (Lipinski definition) is 5. The number of carbonyl (C=O) groups excluding carboxylic acids is 2. The normalized spacial score (nSPS) is 20.1. The Kier molecular flexibility index (Phi) is 4.93. The van der Waals surface area contributed by atoms with Crippen molar-refractivity contribution in [3.05, 3.63) is 52.4 Å². The Morgan fingerprint density at radius 3 is 2.76 bits per heavy atom. The lowest BCUT2D eigenvalue weighted by Crippen LogP contribution is -2.34. The first-order valence-electron chi connectivity index (χ1n) is 8.62. The highest BCUT2D eigenvalue weighted by Crippen LogP contribution is 2.45. The minimum absolute atomic E-state index is 0.0824. The van der Waals surface area contributed by atoms with Crippen molar-refractivity contribution in [2.24, 2.45) is 0 Å². The first-order chi connectivity index (χ1) is 12.1. The lowest BCUT2D eigenvalue weighted by molar-refractivity contribution is -0.138. The second-order valence-electron chi connectivity index (χ2n) is 6.23. The van der Waals surface area contributed by atoms with E-state index in [4.69, 9.17) is 9.47 Å². The van der Waals surface area contributed by atoms with Gasteiger partial charge in [-0.3, -0.25) is 4.79 Å². The molecule has 0 unspecified atom stereocenters. The summed E-state index contributed by atoms with van der Waals surface area (Å²) in [5.74, 6) is -0.110.